The Hall–Kier alpha value is -2.49. The van der Waals surface area contributed by atoms with Gasteiger partial charge >= 0.3 is 5.97 Å². The normalized spacial score (nSPS) is 10.8. The van der Waals surface area contributed by atoms with Crippen LogP contribution >= 0.6 is 0 Å². The molecule has 2 rings (SSSR count). The Kier molecular flexibility index (Phi) is 4.25. The molecule has 0 saturated carbocycles. The molecule has 0 aromatic heterocycles. The number of esters is 1. The molecule has 0 amide bonds. The summed E-state index contributed by atoms with van der Waals surface area (Å²) in [6.07, 6.45) is 0. The van der Waals surface area contributed by atoms with E-state index < -0.39 is 0 Å². The Morgan fingerprint density at radius 1 is 1.00 bits per heavy atom. The molecule has 2 aromatic carbocycles. The molecule has 20 heavy (non-hydrogen) atoms. The van der Waals surface area contributed by atoms with E-state index in [1.165, 1.54) is 7.11 Å². The van der Waals surface area contributed by atoms with Crippen LogP contribution < -0.4 is 0 Å². The average molecular weight is 268 g/mol. The van der Waals surface area contributed by atoms with Crippen LogP contribution in [-0.2, 0) is 4.74 Å². The van der Waals surface area contributed by atoms with Crippen molar-refractivity contribution in [2.75, 3.05) is 7.11 Å². The van der Waals surface area contributed by atoms with Crippen LogP contribution in [0.4, 0.5) is 11.4 Å². The van der Waals surface area contributed by atoms with Gasteiger partial charge in [-0.15, -0.1) is 0 Å². The van der Waals surface area contributed by atoms with Crippen molar-refractivity contribution in [2.45, 2.75) is 13.8 Å². The lowest BCUT2D eigenvalue weighted by molar-refractivity contribution is 0.0600. The number of ether oxygens (including phenoxy) is 1. The average Bonchev–Trinajstić information content (AvgIpc) is 2.46. The number of nitrogens with zero attached hydrogens (tertiary/aromatic N) is 2. The van der Waals surface area contributed by atoms with E-state index in [1.807, 2.05) is 44.2 Å². The third kappa shape index (κ3) is 3.09. The summed E-state index contributed by atoms with van der Waals surface area (Å²) in [5.74, 6) is -0.343. The Labute approximate surface area is 118 Å². The Morgan fingerprint density at radius 3 is 2.40 bits per heavy atom. The van der Waals surface area contributed by atoms with Gasteiger partial charge in [-0.25, -0.2) is 4.79 Å². The molecule has 0 saturated heterocycles. The first-order valence-electron chi connectivity index (χ1n) is 6.28. The number of carbonyl (C=O) groups excluding carboxylic acids is 1. The van der Waals surface area contributed by atoms with Gasteiger partial charge in [0.1, 0.15) is 0 Å². The molecule has 0 bridgehead atoms. The predicted molar refractivity (Wildman–Crippen MR) is 77.9 cm³/mol. The Balaban J connectivity index is 2.25. The fourth-order valence-corrected chi connectivity index (χ4v) is 1.84. The first-order chi connectivity index (χ1) is 9.61. The first kappa shape index (κ1) is 13.9. The number of methoxy groups -OCH3 is 1. The third-order valence-corrected chi connectivity index (χ3v) is 3.00. The summed E-state index contributed by atoms with van der Waals surface area (Å²) in [4.78, 5) is 11.5. The van der Waals surface area contributed by atoms with Crippen LogP contribution in [0.25, 0.3) is 0 Å². The van der Waals surface area contributed by atoms with Gasteiger partial charge in [-0.3, -0.25) is 0 Å². The van der Waals surface area contributed by atoms with E-state index in [2.05, 4.69) is 10.2 Å². The minimum atomic E-state index is -0.343. The highest BCUT2D eigenvalue weighted by atomic mass is 16.5. The van der Waals surface area contributed by atoms with Gasteiger partial charge in [-0.1, -0.05) is 18.2 Å². The van der Waals surface area contributed by atoms with Crippen molar-refractivity contribution >= 4 is 17.3 Å². The fraction of sp³-hybridized carbons (Fsp3) is 0.188. The SMILES string of the molecule is COC(=O)c1ccc(/N=N/c2ccccc2C)cc1C. The van der Waals surface area contributed by atoms with Gasteiger partial charge in [0.05, 0.1) is 24.0 Å². The maximum Gasteiger partial charge on any atom is 0.338 e. The molecule has 0 N–H and O–H groups in total. The first-order valence-corrected chi connectivity index (χ1v) is 6.28. The molecule has 0 spiro atoms. The summed E-state index contributed by atoms with van der Waals surface area (Å²) in [7, 11) is 1.37. The van der Waals surface area contributed by atoms with E-state index in [0.717, 1.165) is 16.8 Å². The van der Waals surface area contributed by atoms with Crippen molar-refractivity contribution < 1.29 is 9.53 Å². The lowest BCUT2D eigenvalue weighted by Crippen LogP contribution is -2.02. The second-order valence-electron chi connectivity index (χ2n) is 4.48. The maximum atomic E-state index is 11.5. The molecule has 0 aliphatic heterocycles. The van der Waals surface area contributed by atoms with Gasteiger partial charge < -0.3 is 4.74 Å². The van der Waals surface area contributed by atoms with Crippen molar-refractivity contribution in [1.29, 1.82) is 0 Å². The summed E-state index contributed by atoms with van der Waals surface area (Å²) in [6, 6.07) is 13.0. The molecular formula is C16H16N2O2. The van der Waals surface area contributed by atoms with E-state index in [1.54, 1.807) is 12.1 Å². The van der Waals surface area contributed by atoms with Crippen LogP contribution in [0.3, 0.4) is 0 Å². The standard InChI is InChI=1S/C16H16N2O2/c1-11-6-4-5-7-15(11)18-17-13-8-9-14(12(2)10-13)16(19)20-3/h4-10H,1-3H3/b18-17+. The van der Waals surface area contributed by atoms with Gasteiger partial charge in [0.2, 0.25) is 0 Å². The fourth-order valence-electron chi connectivity index (χ4n) is 1.84. The van der Waals surface area contributed by atoms with Crippen LogP contribution in [0.2, 0.25) is 0 Å². The van der Waals surface area contributed by atoms with E-state index in [-0.39, 0.29) is 5.97 Å². The zero-order valence-corrected chi connectivity index (χ0v) is 11.8. The van der Waals surface area contributed by atoms with Crippen LogP contribution in [-0.4, -0.2) is 13.1 Å². The number of benzene rings is 2. The third-order valence-electron chi connectivity index (χ3n) is 3.00. The highest BCUT2D eigenvalue weighted by Gasteiger charge is 2.08. The number of hydrogen-bond acceptors (Lipinski definition) is 4. The van der Waals surface area contributed by atoms with Crippen molar-refractivity contribution in [3.8, 4) is 0 Å². The quantitative estimate of drug-likeness (QED) is 0.607. The monoisotopic (exact) mass is 268 g/mol. The molecular weight excluding hydrogens is 252 g/mol. The molecule has 0 heterocycles. The van der Waals surface area contributed by atoms with Crippen LogP contribution in [0.1, 0.15) is 21.5 Å². The number of rotatable bonds is 3. The molecule has 0 radical (unpaired) electrons. The molecule has 0 fully saturated rings. The zero-order chi connectivity index (χ0) is 14.5. The zero-order valence-electron chi connectivity index (χ0n) is 11.8. The van der Waals surface area contributed by atoms with Gasteiger partial charge in [0.25, 0.3) is 0 Å². The maximum absolute atomic E-state index is 11.5. The lowest BCUT2D eigenvalue weighted by Gasteiger charge is -2.04. The smallest absolute Gasteiger partial charge is 0.338 e. The van der Waals surface area contributed by atoms with E-state index >= 15 is 0 Å². The second kappa shape index (κ2) is 6.10. The molecule has 0 atom stereocenters. The molecule has 102 valence electrons. The van der Waals surface area contributed by atoms with Crippen molar-refractivity contribution in [3.63, 3.8) is 0 Å². The van der Waals surface area contributed by atoms with Crippen molar-refractivity contribution in [2.24, 2.45) is 10.2 Å². The molecule has 0 aliphatic rings. The van der Waals surface area contributed by atoms with Gasteiger partial charge in [0, 0.05) is 0 Å². The highest BCUT2D eigenvalue weighted by molar-refractivity contribution is 5.91. The molecule has 0 unspecified atom stereocenters. The molecule has 4 nitrogen and oxygen atoms in total. The Bertz CT molecular complexity index is 663. The van der Waals surface area contributed by atoms with Crippen molar-refractivity contribution in [1.82, 2.24) is 0 Å². The van der Waals surface area contributed by atoms with Crippen LogP contribution in [0.15, 0.2) is 52.7 Å². The largest absolute Gasteiger partial charge is 0.465 e. The van der Waals surface area contributed by atoms with Gasteiger partial charge in [-0.2, -0.15) is 10.2 Å². The highest BCUT2D eigenvalue weighted by Crippen LogP contribution is 2.23. The van der Waals surface area contributed by atoms with Crippen LogP contribution in [0, 0.1) is 13.8 Å². The summed E-state index contributed by atoms with van der Waals surface area (Å²) in [6.45, 7) is 3.83. The predicted octanol–water partition coefficient (Wildman–Crippen LogP) is 4.51. The summed E-state index contributed by atoms with van der Waals surface area (Å²) in [5, 5.41) is 8.42. The minimum Gasteiger partial charge on any atom is -0.465 e. The van der Waals surface area contributed by atoms with E-state index in [0.29, 0.717) is 11.3 Å². The molecule has 2 aromatic rings. The van der Waals surface area contributed by atoms with E-state index in [9.17, 15) is 4.79 Å². The summed E-state index contributed by atoms with van der Waals surface area (Å²) in [5.41, 5.74) is 3.97. The summed E-state index contributed by atoms with van der Waals surface area (Å²) < 4.78 is 4.71. The minimum absolute atomic E-state index is 0.343. The second-order valence-corrected chi connectivity index (χ2v) is 4.48. The summed E-state index contributed by atoms with van der Waals surface area (Å²) >= 11 is 0. The number of hydrogen-bond donors (Lipinski definition) is 0. The van der Waals surface area contributed by atoms with Gasteiger partial charge in [0.15, 0.2) is 0 Å². The number of carbonyl (C=O) groups is 1. The van der Waals surface area contributed by atoms with Gasteiger partial charge in [-0.05, 0) is 49.2 Å². The van der Waals surface area contributed by atoms with Crippen molar-refractivity contribution in [3.05, 3.63) is 59.2 Å². The van der Waals surface area contributed by atoms with E-state index in [4.69, 9.17) is 4.74 Å². The lowest BCUT2D eigenvalue weighted by atomic mass is 10.1. The number of aryl methyl sites for hydroxylation is 2. The Morgan fingerprint density at radius 2 is 1.75 bits per heavy atom. The van der Waals surface area contributed by atoms with Crippen LogP contribution in [0.5, 0.6) is 0 Å². The molecule has 0 aliphatic carbocycles. The number of azo groups is 1. The molecule has 4 heteroatoms. The topological polar surface area (TPSA) is 51.0 Å².